The van der Waals surface area contributed by atoms with Crippen molar-refractivity contribution in [2.75, 3.05) is 28.3 Å². The second-order valence-corrected chi connectivity index (χ2v) is 4.36. The number of hydrogen-bond acceptors (Lipinski definition) is 3. The van der Waals surface area contributed by atoms with Crippen molar-refractivity contribution < 1.29 is 9.15 Å². The molecule has 0 amide bonds. The van der Waals surface area contributed by atoms with Gasteiger partial charge < -0.3 is 9.15 Å². The summed E-state index contributed by atoms with van der Waals surface area (Å²) in [6.07, 6.45) is 1.44. The van der Waals surface area contributed by atoms with Gasteiger partial charge in [-0.3, -0.25) is 4.48 Å². The van der Waals surface area contributed by atoms with E-state index < -0.39 is 0 Å². The molecule has 0 spiro atoms. The van der Waals surface area contributed by atoms with Crippen LogP contribution in [-0.2, 0) is 0 Å². The molecule has 0 saturated heterocycles. The lowest BCUT2D eigenvalue weighted by atomic mass is 10.2. The lowest BCUT2D eigenvalue weighted by Crippen LogP contribution is -2.34. The summed E-state index contributed by atoms with van der Waals surface area (Å²) in [6, 6.07) is 3.98. The predicted octanol–water partition coefficient (Wildman–Crippen LogP) is 2.03. The van der Waals surface area contributed by atoms with Gasteiger partial charge in [-0.1, -0.05) is 0 Å². The van der Waals surface area contributed by atoms with Gasteiger partial charge in [0.1, 0.15) is 5.69 Å². The van der Waals surface area contributed by atoms with Gasteiger partial charge in [-0.15, -0.1) is 0 Å². The molecular weight excluding hydrogens is 192 g/mol. The first-order valence-corrected chi connectivity index (χ1v) is 4.75. The third-order valence-corrected chi connectivity index (χ3v) is 2.38. The van der Waals surface area contributed by atoms with E-state index in [0.29, 0.717) is 4.48 Å². The van der Waals surface area contributed by atoms with E-state index in [1.807, 2.05) is 12.1 Å². The number of nitrogens with zero attached hydrogens (tertiary/aromatic N) is 2. The van der Waals surface area contributed by atoms with Crippen molar-refractivity contribution in [3.63, 3.8) is 0 Å². The van der Waals surface area contributed by atoms with Gasteiger partial charge in [0.15, 0.2) is 23.2 Å². The number of methoxy groups -OCH3 is 1. The second-order valence-electron chi connectivity index (χ2n) is 4.36. The van der Waals surface area contributed by atoms with E-state index in [-0.39, 0.29) is 0 Å². The van der Waals surface area contributed by atoms with Crippen LogP contribution >= 0.6 is 0 Å². The second kappa shape index (κ2) is 3.24. The molecule has 0 fully saturated rings. The smallest absolute Gasteiger partial charge is 0.182 e. The van der Waals surface area contributed by atoms with Crippen LogP contribution in [0.5, 0.6) is 5.75 Å². The zero-order valence-electron chi connectivity index (χ0n) is 9.44. The van der Waals surface area contributed by atoms with Gasteiger partial charge in [-0.2, -0.15) is 0 Å². The van der Waals surface area contributed by atoms with E-state index in [0.717, 1.165) is 22.5 Å². The van der Waals surface area contributed by atoms with Crippen molar-refractivity contribution in [3.8, 4) is 5.75 Å². The molecule has 0 aliphatic heterocycles. The molecule has 0 aliphatic rings. The molecule has 80 valence electrons. The minimum atomic E-state index is 0.715. The maximum absolute atomic E-state index is 5.30. The Morgan fingerprint density at radius 2 is 2.00 bits per heavy atom. The topological polar surface area (TPSA) is 35.3 Å². The first-order chi connectivity index (χ1) is 7.02. The maximum atomic E-state index is 5.30. The molecule has 0 unspecified atom stereocenters. The molecule has 0 atom stereocenters. The summed E-state index contributed by atoms with van der Waals surface area (Å²) in [5.41, 5.74) is 2.66. The lowest BCUT2D eigenvalue weighted by molar-refractivity contribution is 0.415. The van der Waals surface area contributed by atoms with Crippen molar-refractivity contribution in [1.82, 2.24) is 9.47 Å². The maximum Gasteiger partial charge on any atom is 0.182 e. The number of fused-ring (bicyclic) bond motifs is 1. The molecule has 0 bridgehead atoms. The van der Waals surface area contributed by atoms with Crippen LogP contribution in [0.3, 0.4) is 0 Å². The Labute approximate surface area is 88.7 Å². The Kier molecular flexibility index (Phi) is 2.16. The molecule has 2 rings (SSSR count). The average Bonchev–Trinajstić information content (AvgIpc) is 2.62. The fraction of sp³-hybridized carbons (Fsp3) is 0.364. The van der Waals surface area contributed by atoms with Crippen molar-refractivity contribution >= 4 is 16.8 Å². The van der Waals surface area contributed by atoms with Crippen LogP contribution in [0.1, 0.15) is 0 Å². The summed E-state index contributed by atoms with van der Waals surface area (Å²) in [5.74, 6) is 0.754. The van der Waals surface area contributed by atoms with Gasteiger partial charge in [0.2, 0.25) is 0 Å². The van der Waals surface area contributed by atoms with Crippen molar-refractivity contribution in [2.24, 2.45) is 0 Å². The average molecular weight is 207 g/mol. The monoisotopic (exact) mass is 207 g/mol. The summed E-state index contributed by atoms with van der Waals surface area (Å²) in [5, 5.41) is 0. The number of oxazole rings is 1. The molecule has 0 radical (unpaired) electrons. The summed E-state index contributed by atoms with van der Waals surface area (Å²) < 4.78 is 11.3. The predicted molar refractivity (Wildman–Crippen MR) is 60.1 cm³/mol. The number of quaternary nitrogens is 1. The Balaban J connectivity index is 2.69. The van der Waals surface area contributed by atoms with Crippen LogP contribution in [-0.4, -0.2) is 33.2 Å². The van der Waals surface area contributed by atoms with E-state index in [4.69, 9.17) is 9.15 Å². The van der Waals surface area contributed by atoms with Gasteiger partial charge in [0.05, 0.1) is 28.3 Å². The van der Waals surface area contributed by atoms with E-state index in [2.05, 4.69) is 26.1 Å². The largest absolute Gasteiger partial charge is 0.494 e. The first-order valence-electron chi connectivity index (χ1n) is 4.75. The van der Waals surface area contributed by atoms with Crippen molar-refractivity contribution in [2.45, 2.75) is 0 Å². The Bertz CT molecular complexity index is 483. The van der Waals surface area contributed by atoms with E-state index in [1.54, 1.807) is 7.11 Å². The molecule has 4 heteroatoms. The number of benzene rings is 1. The normalized spacial score (nSPS) is 12.0. The first kappa shape index (κ1) is 9.98. The molecule has 2 aromatic rings. The third kappa shape index (κ3) is 1.68. The van der Waals surface area contributed by atoms with E-state index >= 15 is 0 Å². The van der Waals surface area contributed by atoms with Crippen LogP contribution in [0.15, 0.2) is 22.9 Å². The highest BCUT2D eigenvalue weighted by Crippen LogP contribution is 2.31. The van der Waals surface area contributed by atoms with Crippen molar-refractivity contribution in [3.05, 3.63) is 18.5 Å². The molecule has 1 aromatic carbocycles. The Morgan fingerprint density at radius 1 is 1.27 bits per heavy atom. The van der Waals surface area contributed by atoms with E-state index in [1.165, 1.54) is 6.39 Å². The molecule has 0 N–H and O–H groups in total. The molecule has 4 nitrogen and oxygen atoms in total. The molecular formula is C11H15N2O2+. The van der Waals surface area contributed by atoms with Crippen LogP contribution < -0.4 is 9.22 Å². The van der Waals surface area contributed by atoms with Gasteiger partial charge in [-0.05, 0) is 0 Å². The minimum absolute atomic E-state index is 0.715. The summed E-state index contributed by atoms with van der Waals surface area (Å²) in [4.78, 5) is 4.11. The number of aromatic nitrogens is 1. The standard InChI is InChI=1S/C11H15N2O2/c1-13(2,3)8-5-9(14-4)11-10(6-8)15-7-12-11/h5-7H,1-4H3/q+1. The molecule has 15 heavy (non-hydrogen) atoms. The Hall–Kier alpha value is -1.55. The zero-order valence-corrected chi connectivity index (χ0v) is 9.44. The SMILES string of the molecule is COc1cc([N+](C)(C)C)cc2ocnc12. The fourth-order valence-corrected chi connectivity index (χ4v) is 1.46. The quantitative estimate of drug-likeness (QED) is 0.707. The van der Waals surface area contributed by atoms with Crippen LogP contribution in [0.4, 0.5) is 5.69 Å². The van der Waals surface area contributed by atoms with Crippen LogP contribution in [0.25, 0.3) is 11.1 Å². The number of rotatable bonds is 2. The number of ether oxygens (including phenoxy) is 1. The van der Waals surface area contributed by atoms with Gasteiger partial charge >= 0.3 is 0 Å². The number of hydrogen-bond donors (Lipinski definition) is 0. The van der Waals surface area contributed by atoms with Gasteiger partial charge in [0.25, 0.3) is 0 Å². The molecule has 0 saturated carbocycles. The highest BCUT2D eigenvalue weighted by atomic mass is 16.5. The summed E-state index contributed by atoms with van der Waals surface area (Å²) in [6.45, 7) is 0. The lowest BCUT2D eigenvalue weighted by Gasteiger charge is -2.23. The third-order valence-electron chi connectivity index (χ3n) is 2.38. The summed E-state index contributed by atoms with van der Waals surface area (Å²) in [7, 11) is 7.92. The van der Waals surface area contributed by atoms with Crippen LogP contribution in [0, 0.1) is 0 Å². The van der Waals surface area contributed by atoms with Crippen LogP contribution in [0.2, 0.25) is 0 Å². The molecule has 1 aromatic heterocycles. The fourth-order valence-electron chi connectivity index (χ4n) is 1.46. The highest BCUT2D eigenvalue weighted by Gasteiger charge is 2.17. The van der Waals surface area contributed by atoms with E-state index in [9.17, 15) is 0 Å². The Morgan fingerprint density at radius 3 is 2.60 bits per heavy atom. The molecule has 1 heterocycles. The zero-order chi connectivity index (χ0) is 11.1. The van der Waals surface area contributed by atoms with Crippen molar-refractivity contribution in [1.29, 1.82) is 0 Å². The molecule has 0 aliphatic carbocycles. The van der Waals surface area contributed by atoms with Gasteiger partial charge in [-0.25, -0.2) is 4.98 Å². The summed E-state index contributed by atoms with van der Waals surface area (Å²) >= 11 is 0. The van der Waals surface area contributed by atoms with Gasteiger partial charge in [0, 0.05) is 12.1 Å². The highest BCUT2D eigenvalue weighted by molar-refractivity contribution is 5.83. The minimum Gasteiger partial charge on any atom is -0.494 e.